The zero-order valence-electron chi connectivity index (χ0n) is 19.2. The van der Waals surface area contributed by atoms with E-state index in [2.05, 4.69) is 32.6 Å². The Kier molecular flexibility index (Phi) is 7.06. The second-order valence-electron chi connectivity index (χ2n) is 7.90. The van der Waals surface area contributed by atoms with Crippen LogP contribution < -0.4 is 15.2 Å². The van der Waals surface area contributed by atoms with Crippen molar-refractivity contribution in [1.82, 2.24) is 9.13 Å². The Bertz CT molecular complexity index is 1180. The lowest BCUT2D eigenvalue weighted by atomic mass is 10.1. The van der Waals surface area contributed by atoms with Crippen LogP contribution in [-0.4, -0.2) is 22.9 Å². The van der Waals surface area contributed by atoms with Gasteiger partial charge in [-0.3, -0.25) is 9.13 Å². The average Bonchev–Trinajstić information content (AvgIpc) is 2.99. The summed E-state index contributed by atoms with van der Waals surface area (Å²) >= 11 is 0. The first-order chi connectivity index (χ1) is 14.9. The molecule has 3 aromatic rings. The van der Waals surface area contributed by atoms with Crippen molar-refractivity contribution >= 4 is 22.8 Å². The van der Waals surface area contributed by atoms with Crippen molar-refractivity contribution in [2.24, 2.45) is 0 Å². The number of nitrogens with zero attached hydrogens (tertiary/aromatic N) is 2. The summed E-state index contributed by atoms with van der Waals surface area (Å²) in [7, 11) is 1.65. The molecule has 1 heterocycles. The molecule has 0 unspecified atom stereocenters. The molecule has 0 fully saturated rings. The van der Waals surface area contributed by atoms with Gasteiger partial charge >= 0.3 is 5.69 Å². The number of rotatable bonds is 9. The molecular weight excluding hydrogens is 388 g/mol. The molecule has 31 heavy (non-hydrogen) atoms. The van der Waals surface area contributed by atoms with E-state index in [1.165, 1.54) is 11.1 Å². The molecule has 1 aromatic heterocycles. The van der Waals surface area contributed by atoms with Crippen LogP contribution >= 0.6 is 0 Å². The van der Waals surface area contributed by atoms with Crippen LogP contribution in [0.4, 0.5) is 0 Å². The minimum Gasteiger partial charge on any atom is -0.493 e. The van der Waals surface area contributed by atoms with Gasteiger partial charge in [-0.25, -0.2) is 4.79 Å². The van der Waals surface area contributed by atoms with E-state index in [4.69, 9.17) is 9.47 Å². The van der Waals surface area contributed by atoms with Gasteiger partial charge in [-0.05, 0) is 81.5 Å². The van der Waals surface area contributed by atoms with E-state index < -0.39 is 0 Å². The number of allylic oxidation sites excluding steroid dienone is 2. The molecule has 5 nitrogen and oxygen atoms in total. The summed E-state index contributed by atoms with van der Waals surface area (Å²) in [5.74, 6) is 1.46. The smallest absolute Gasteiger partial charge is 0.333 e. The lowest BCUT2D eigenvalue weighted by Gasteiger charge is -2.11. The first kappa shape index (κ1) is 22.5. The maximum Gasteiger partial charge on any atom is 0.333 e. The number of aryl methyl sites for hydroxylation is 3. The van der Waals surface area contributed by atoms with Gasteiger partial charge < -0.3 is 9.47 Å². The van der Waals surface area contributed by atoms with Crippen LogP contribution in [0.3, 0.4) is 0 Å². The largest absolute Gasteiger partial charge is 0.493 e. The molecule has 0 atom stereocenters. The van der Waals surface area contributed by atoms with Crippen molar-refractivity contribution in [2.75, 3.05) is 13.7 Å². The Hall–Kier alpha value is -3.21. The van der Waals surface area contributed by atoms with E-state index in [0.717, 1.165) is 46.6 Å². The monoisotopic (exact) mass is 420 g/mol. The van der Waals surface area contributed by atoms with Crippen molar-refractivity contribution in [3.63, 3.8) is 0 Å². The summed E-state index contributed by atoms with van der Waals surface area (Å²) in [6.45, 7) is 13.2. The van der Waals surface area contributed by atoms with Crippen LogP contribution in [0.15, 0.2) is 47.8 Å². The van der Waals surface area contributed by atoms with Crippen molar-refractivity contribution in [1.29, 1.82) is 0 Å². The molecule has 0 saturated heterocycles. The SMILES string of the molecule is C=C(C)n1c(=O)n(CCCCOc2ccc(/C=C/C)cc2OC)c2cc(C)c(C)cc21. The molecule has 0 aliphatic heterocycles. The molecule has 0 aliphatic carbocycles. The highest BCUT2D eigenvalue weighted by atomic mass is 16.5. The predicted octanol–water partition coefficient (Wildman–Crippen LogP) is 5.81. The number of methoxy groups -OCH3 is 1. The second-order valence-corrected chi connectivity index (χ2v) is 7.90. The highest BCUT2D eigenvalue weighted by molar-refractivity contribution is 5.81. The third kappa shape index (κ3) is 4.76. The first-order valence-electron chi connectivity index (χ1n) is 10.7. The summed E-state index contributed by atoms with van der Waals surface area (Å²) in [6.07, 6.45) is 5.68. The maximum atomic E-state index is 13.0. The fraction of sp³-hybridized carbons (Fsp3) is 0.346. The van der Waals surface area contributed by atoms with Gasteiger partial charge in [0.05, 0.1) is 24.8 Å². The average molecular weight is 421 g/mol. The number of unbranched alkanes of at least 4 members (excludes halogenated alkanes) is 1. The molecule has 2 aromatic carbocycles. The van der Waals surface area contributed by atoms with Gasteiger partial charge in [0.25, 0.3) is 0 Å². The van der Waals surface area contributed by atoms with Crippen LogP contribution in [0.1, 0.15) is 43.4 Å². The summed E-state index contributed by atoms with van der Waals surface area (Å²) in [5.41, 5.74) is 5.99. The molecule has 0 bridgehead atoms. The molecule has 0 N–H and O–H groups in total. The summed E-state index contributed by atoms with van der Waals surface area (Å²) < 4.78 is 14.9. The third-order valence-corrected chi connectivity index (χ3v) is 5.51. The van der Waals surface area contributed by atoms with Gasteiger partial charge in [0.15, 0.2) is 11.5 Å². The van der Waals surface area contributed by atoms with E-state index in [9.17, 15) is 4.79 Å². The fourth-order valence-corrected chi connectivity index (χ4v) is 3.75. The second kappa shape index (κ2) is 9.73. The van der Waals surface area contributed by atoms with Gasteiger partial charge in [0.1, 0.15) is 0 Å². The summed E-state index contributed by atoms with van der Waals surface area (Å²) in [5, 5.41) is 0. The predicted molar refractivity (Wildman–Crippen MR) is 129 cm³/mol. The normalized spacial score (nSPS) is 11.4. The molecular formula is C26H32N2O3. The number of hydrogen-bond donors (Lipinski definition) is 0. The van der Waals surface area contributed by atoms with E-state index in [1.807, 2.05) is 48.8 Å². The highest BCUT2D eigenvalue weighted by Crippen LogP contribution is 2.29. The van der Waals surface area contributed by atoms with Crippen molar-refractivity contribution < 1.29 is 9.47 Å². The van der Waals surface area contributed by atoms with E-state index in [0.29, 0.717) is 13.2 Å². The van der Waals surface area contributed by atoms with Gasteiger partial charge in [0, 0.05) is 12.2 Å². The lowest BCUT2D eigenvalue weighted by Crippen LogP contribution is -2.23. The summed E-state index contributed by atoms with van der Waals surface area (Å²) in [6, 6.07) is 10.1. The number of benzene rings is 2. The van der Waals surface area contributed by atoms with E-state index in [1.54, 1.807) is 11.7 Å². The van der Waals surface area contributed by atoms with Crippen LogP contribution in [-0.2, 0) is 6.54 Å². The minimum absolute atomic E-state index is 0.0327. The molecule has 0 amide bonds. The number of aromatic nitrogens is 2. The van der Waals surface area contributed by atoms with Gasteiger partial charge in [0.2, 0.25) is 0 Å². The Labute approximate surface area is 184 Å². The number of fused-ring (bicyclic) bond motifs is 1. The Balaban J connectivity index is 1.69. The molecule has 164 valence electrons. The van der Waals surface area contributed by atoms with Gasteiger partial charge in [-0.2, -0.15) is 0 Å². The minimum atomic E-state index is -0.0327. The topological polar surface area (TPSA) is 45.4 Å². The van der Waals surface area contributed by atoms with Crippen molar-refractivity contribution in [2.45, 2.75) is 47.1 Å². The molecule has 3 rings (SSSR count). The van der Waals surface area contributed by atoms with Crippen LogP contribution in [0.25, 0.3) is 22.8 Å². The number of hydrogen-bond acceptors (Lipinski definition) is 3. The number of imidazole rings is 1. The highest BCUT2D eigenvalue weighted by Gasteiger charge is 2.15. The standard InChI is InChI=1S/C26H32N2O3/c1-7-10-21-11-12-24(25(17-21)30-6)31-14-9-8-13-27-22-15-19(4)20(5)16-23(22)28(18(2)3)26(27)29/h7,10-12,15-17H,2,8-9,13-14H2,1,3-6H3/b10-7+. The third-order valence-electron chi connectivity index (χ3n) is 5.51. The van der Waals surface area contributed by atoms with Crippen LogP contribution in [0, 0.1) is 13.8 Å². The van der Waals surface area contributed by atoms with E-state index in [-0.39, 0.29) is 5.69 Å². The molecule has 0 radical (unpaired) electrons. The first-order valence-corrected chi connectivity index (χ1v) is 10.7. The Morgan fingerprint density at radius 1 is 1.06 bits per heavy atom. The van der Waals surface area contributed by atoms with Gasteiger partial charge in [-0.15, -0.1) is 0 Å². The van der Waals surface area contributed by atoms with E-state index >= 15 is 0 Å². The molecule has 0 aliphatic rings. The van der Waals surface area contributed by atoms with Gasteiger partial charge in [-0.1, -0.05) is 24.8 Å². The maximum absolute atomic E-state index is 13.0. The van der Waals surface area contributed by atoms with Crippen LogP contribution in [0.5, 0.6) is 11.5 Å². The summed E-state index contributed by atoms with van der Waals surface area (Å²) in [4.78, 5) is 13.0. The quantitative estimate of drug-likeness (QED) is 0.410. The Morgan fingerprint density at radius 2 is 1.77 bits per heavy atom. The van der Waals surface area contributed by atoms with Crippen LogP contribution in [0.2, 0.25) is 0 Å². The molecule has 5 heteroatoms. The fourth-order valence-electron chi connectivity index (χ4n) is 3.75. The zero-order valence-corrected chi connectivity index (χ0v) is 19.2. The zero-order chi connectivity index (χ0) is 22.5. The molecule has 0 spiro atoms. The molecule has 0 saturated carbocycles. The van der Waals surface area contributed by atoms with Crippen molar-refractivity contribution in [3.05, 3.63) is 70.2 Å². The lowest BCUT2D eigenvalue weighted by molar-refractivity contribution is 0.284. The Morgan fingerprint density at radius 3 is 2.42 bits per heavy atom. The van der Waals surface area contributed by atoms with Crippen molar-refractivity contribution in [3.8, 4) is 11.5 Å². The number of ether oxygens (including phenoxy) is 2.